The van der Waals surface area contributed by atoms with Gasteiger partial charge in [-0.2, -0.15) is 0 Å². The number of carbonyl (C=O) groups excluding carboxylic acids is 1. The molecule has 4 rings (SSSR count). The van der Waals surface area contributed by atoms with Crippen molar-refractivity contribution in [2.24, 2.45) is 0 Å². The molecule has 0 radical (unpaired) electrons. The van der Waals surface area contributed by atoms with Crippen LogP contribution < -0.4 is 5.32 Å². The molecule has 25 heavy (non-hydrogen) atoms. The minimum absolute atomic E-state index is 0.190. The summed E-state index contributed by atoms with van der Waals surface area (Å²) >= 11 is 0. The van der Waals surface area contributed by atoms with Gasteiger partial charge in [-0.1, -0.05) is 17.3 Å². The number of amides is 1. The molecule has 4 aromatic rings. The number of anilines is 1. The van der Waals surface area contributed by atoms with E-state index in [-0.39, 0.29) is 5.91 Å². The number of rotatable bonds is 4. The minimum Gasteiger partial charge on any atom is -0.322 e. The Kier molecular flexibility index (Phi) is 3.80. The van der Waals surface area contributed by atoms with Crippen molar-refractivity contribution in [2.75, 3.05) is 5.32 Å². The van der Waals surface area contributed by atoms with Crippen LogP contribution in [0.15, 0.2) is 79.6 Å². The van der Waals surface area contributed by atoms with Crippen LogP contribution in [0.4, 0.5) is 5.69 Å². The lowest BCUT2D eigenvalue weighted by atomic mass is 10.2. The van der Waals surface area contributed by atoms with Crippen LogP contribution in [-0.4, -0.2) is 30.5 Å². The molecule has 0 saturated heterocycles. The Morgan fingerprint density at radius 3 is 2.64 bits per heavy atom. The monoisotopic (exact) mass is 330 g/mol. The van der Waals surface area contributed by atoms with Gasteiger partial charge in [0.15, 0.2) is 0 Å². The molecule has 0 spiro atoms. The van der Waals surface area contributed by atoms with Gasteiger partial charge in [0.1, 0.15) is 0 Å². The van der Waals surface area contributed by atoms with E-state index >= 15 is 0 Å². The minimum atomic E-state index is -0.190. The zero-order valence-electron chi connectivity index (χ0n) is 13.1. The zero-order chi connectivity index (χ0) is 17.1. The van der Waals surface area contributed by atoms with Crippen LogP contribution in [0.25, 0.3) is 11.4 Å². The fourth-order valence-corrected chi connectivity index (χ4v) is 2.49. The Hall–Kier alpha value is -3.74. The number of nitrogens with zero attached hydrogens (tertiary/aromatic N) is 5. The topological polar surface area (TPSA) is 77.6 Å². The lowest BCUT2D eigenvalue weighted by Crippen LogP contribution is -2.12. The second-order valence-electron chi connectivity index (χ2n) is 5.37. The van der Waals surface area contributed by atoms with Crippen LogP contribution in [0, 0.1) is 0 Å². The van der Waals surface area contributed by atoms with E-state index < -0.39 is 0 Å². The van der Waals surface area contributed by atoms with Crippen molar-refractivity contribution in [1.82, 2.24) is 24.5 Å². The molecule has 2 heterocycles. The first-order valence-electron chi connectivity index (χ1n) is 7.66. The van der Waals surface area contributed by atoms with Gasteiger partial charge in [-0.25, -0.2) is 9.67 Å². The molecule has 0 bridgehead atoms. The third kappa shape index (κ3) is 3.16. The lowest BCUT2D eigenvalue weighted by molar-refractivity contribution is 0.102. The molecule has 0 atom stereocenters. The van der Waals surface area contributed by atoms with Crippen molar-refractivity contribution in [3.63, 3.8) is 0 Å². The highest BCUT2D eigenvalue weighted by Gasteiger charge is 2.08. The molecule has 0 saturated carbocycles. The predicted molar refractivity (Wildman–Crippen MR) is 92.9 cm³/mol. The highest BCUT2D eigenvalue weighted by Crippen LogP contribution is 2.16. The first kappa shape index (κ1) is 14.8. The number of benzene rings is 2. The predicted octanol–water partition coefficient (Wildman–Crippen LogP) is 2.71. The summed E-state index contributed by atoms with van der Waals surface area (Å²) in [5, 5.41) is 10.6. The molecule has 122 valence electrons. The first-order valence-corrected chi connectivity index (χ1v) is 7.66. The third-order valence-corrected chi connectivity index (χ3v) is 3.70. The van der Waals surface area contributed by atoms with Gasteiger partial charge in [-0.15, -0.1) is 5.10 Å². The van der Waals surface area contributed by atoms with E-state index in [9.17, 15) is 4.79 Å². The SMILES string of the molecule is O=C(Nc1cccc(-n2ccnc2)c1)c1cccc(-n2ccnn2)c1. The highest BCUT2D eigenvalue weighted by atomic mass is 16.1. The second-order valence-corrected chi connectivity index (χ2v) is 5.37. The summed E-state index contributed by atoms with van der Waals surface area (Å²) in [6.07, 6.45) is 8.59. The summed E-state index contributed by atoms with van der Waals surface area (Å²) < 4.78 is 3.48. The highest BCUT2D eigenvalue weighted by molar-refractivity contribution is 6.04. The summed E-state index contributed by atoms with van der Waals surface area (Å²) in [5.41, 5.74) is 2.95. The Morgan fingerprint density at radius 2 is 1.84 bits per heavy atom. The Labute approximate surface area is 143 Å². The van der Waals surface area contributed by atoms with E-state index in [1.807, 2.05) is 47.2 Å². The van der Waals surface area contributed by atoms with Gasteiger partial charge in [0.05, 0.1) is 24.4 Å². The van der Waals surface area contributed by atoms with Crippen molar-refractivity contribution in [1.29, 1.82) is 0 Å². The smallest absolute Gasteiger partial charge is 0.255 e. The molecule has 0 fully saturated rings. The van der Waals surface area contributed by atoms with Gasteiger partial charge in [0.2, 0.25) is 0 Å². The molecule has 0 aliphatic carbocycles. The van der Waals surface area contributed by atoms with Gasteiger partial charge in [-0.05, 0) is 36.4 Å². The average Bonchev–Trinajstić information content (AvgIpc) is 3.36. The fraction of sp³-hybridized carbons (Fsp3) is 0. The summed E-state index contributed by atoms with van der Waals surface area (Å²) in [6.45, 7) is 0. The van der Waals surface area contributed by atoms with Gasteiger partial charge < -0.3 is 9.88 Å². The van der Waals surface area contributed by atoms with Crippen LogP contribution in [0.2, 0.25) is 0 Å². The van der Waals surface area contributed by atoms with Gasteiger partial charge >= 0.3 is 0 Å². The van der Waals surface area contributed by atoms with Crippen molar-refractivity contribution < 1.29 is 4.79 Å². The largest absolute Gasteiger partial charge is 0.322 e. The third-order valence-electron chi connectivity index (χ3n) is 3.70. The van der Waals surface area contributed by atoms with Gasteiger partial charge in [-0.3, -0.25) is 4.79 Å². The van der Waals surface area contributed by atoms with E-state index in [0.717, 1.165) is 11.4 Å². The standard InChI is InChI=1S/C18H14N6O/c25-18(14-3-1-6-17(11-14)24-10-8-20-22-24)21-15-4-2-5-16(12-15)23-9-7-19-13-23/h1-13H,(H,21,25). The van der Waals surface area contributed by atoms with Gasteiger partial charge in [0, 0.05) is 29.3 Å². The molecular formula is C18H14N6O. The van der Waals surface area contributed by atoms with E-state index in [2.05, 4.69) is 20.6 Å². The van der Waals surface area contributed by atoms with Crippen LogP contribution in [-0.2, 0) is 0 Å². The molecule has 1 N–H and O–H groups in total. The maximum absolute atomic E-state index is 12.6. The summed E-state index contributed by atoms with van der Waals surface area (Å²) in [4.78, 5) is 16.6. The van der Waals surface area contributed by atoms with Crippen LogP contribution in [0.1, 0.15) is 10.4 Å². The maximum Gasteiger partial charge on any atom is 0.255 e. The number of carbonyl (C=O) groups is 1. The Balaban J connectivity index is 1.57. The Morgan fingerprint density at radius 1 is 0.960 bits per heavy atom. The Bertz CT molecular complexity index is 992. The number of hydrogen-bond acceptors (Lipinski definition) is 4. The fourth-order valence-electron chi connectivity index (χ4n) is 2.49. The second kappa shape index (κ2) is 6.40. The van der Waals surface area contributed by atoms with Crippen molar-refractivity contribution in [3.8, 4) is 11.4 Å². The van der Waals surface area contributed by atoms with Gasteiger partial charge in [0.25, 0.3) is 5.91 Å². The molecule has 0 aliphatic rings. The van der Waals surface area contributed by atoms with Crippen molar-refractivity contribution in [2.45, 2.75) is 0 Å². The number of aromatic nitrogens is 5. The first-order chi connectivity index (χ1) is 12.3. The van der Waals surface area contributed by atoms with Crippen molar-refractivity contribution in [3.05, 3.63) is 85.2 Å². The van der Waals surface area contributed by atoms with E-state index in [1.165, 1.54) is 0 Å². The van der Waals surface area contributed by atoms with Crippen LogP contribution in [0.3, 0.4) is 0 Å². The molecule has 7 heteroatoms. The molecular weight excluding hydrogens is 316 g/mol. The molecule has 2 aromatic heterocycles. The van der Waals surface area contributed by atoms with Crippen LogP contribution in [0.5, 0.6) is 0 Å². The maximum atomic E-state index is 12.6. The summed E-state index contributed by atoms with van der Waals surface area (Å²) in [7, 11) is 0. The van der Waals surface area contributed by atoms with Crippen molar-refractivity contribution >= 4 is 11.6 Å². The van der Waals surface area contributed by atoms with Crippen LogP contribution >= 0.6 is 0 Å². The quantitative estimate of drug-likeness (QED) is 0.624. The molecule has 7 nitrogen and oxygen atoms in total. The molecule has 0 unspecified atom stereocenters. The number of hydrogen-bond donors (Lipinski definition) is 1. The zero-order valence-corrected chi connectivity index (χ0v) is 13.1. The van der Waals surface area contributed by atoms with E-state index in [4.69, 9.17) is 0 Å². The summed E-state index contributed by atoms with van der Waals surface area (Å²) in [6, 6.07) is 14.8. The lowest BCUT2D eigenvalue weighted by Gasteiger charge is -2.09. The summed E-state index contributed by atoms with van der Waals surface area (Å²) in [5.74, 6) is -0.190. The average molecular weight is 330 g/mol. The van der Waals surface area contributed by atoms with E-state index in [0.29, 0.717) is 11.3 Å². The normalized spacial score (nSPS) is 10.6. The molecule has 1 amide bonds. The van der Waals surface area contributed by atoms with E-state index in [1.54, 1.807) is 41.7 Å². The number of imidazole rings is 1. The molecule has 2 aromatic carbocycles. The molecule has 0 aliphatic heterocycles. The number of nitrogens with one attached hydrogen (secondary N) is 1.